The third-order valence-corrected chi connectivity index (χ3v) is 5.46. The first-order chi connectivity index (χ1) is 12.0. The molecule has 25 heavy (non-hydrogen) atoms. The molecule has 0 unspecified atom stereocenters. The topological polar surface area (TPSA) is 73.5 Å². The van der Waals surface area contributed by atoms with Crippen LogP contribution in [0.5, 0.6) is 0 Å². The van der Waals surface area contributed by atoms with Gasteiger partial charge in [-0.05, 0) is 43.9 Å². The lowest BCUT2D eigenvalue weighted by Crippen LogP contribution is -2.40. The molecule has 0 bridgehead atoms. The van der Waals surface area contributed by atoms with Crippen LogP contribution in [0.3, 0.4) is 0 Å². The second-order valence-electron chi connectivity index (χ2n) is 7.45. The van der Waals surface area contributed by atoms with E-state index in [-0.39, 0.29) is 24.1 Å². The predicted molar refractivity (Wildman–Crippen MR) is 93.5 cm³/mol. The lowest BCUT2D eigenvalue weighted by molar-refractivity contribution is -0.122. The third-order valence-electron chi connectivity index (χ3n) is 5.46. The first kappa shape index (κ1) is 16.4. The standard InChI is InChI=1S/C19H24N2O4/c1-13-5-6-16-15(9-13)21(18(23)25-16)11-17(22)20-14-10-19(24-12-14)7-3-2-4-8-19/h5-6,9,14H,2-4,7-8,10-12H2,1H3,(H,20,22)/t14-/m0/s1. The van der Waals surface area contributed by atoms with Crippen molar-refractivity contribution in [1.29, 1.82) is 0 Å². The van der Waals surface area contributed by atoms with Gasteiger partial charge in [-0.25, -0.2) is 4.79 Å². The van der Waals surface area contributed by atoms with E-state index in [9.17, 15) is 9.59 Å². The molecule has 1 aromatic heterocycles. The van der Waals surface area contributed by atoms with Gasteiger partial charge in [0, 0.05) is 0 Å². The summed E-state index contributed by atoms with van der Waals surface area (Å²) in [6.07, 6.45) is 6.73. The van der Waals surface area contributed by atoms with Crippen LogP contribution in [0.2, 0.25) is 0 Å². The quantitative estimate of drug-likeness (QED) is 0.928. The number of nitrogens with zero attached hydrogens (tertiary/aromatic N) is 1. The molecule has 2 aliphatic rings. The molecule has 1 aliphatic carbocycles. The lowest BCUT2D eigenvalue weighted by atomic mass is 9.82. The van der Waals surface area contributed by atoms with Crippen molar-refractivity contribution in [2.45, 2.75) is 63.6 Å². The molecule has 4 rings (SSSR count). The summed E-state index contributed by atoms with van der Waals surface area (Å²) in [5, 5.41) is 3.03. The molecule has 6 heteroatoms. The summed E-state index contributed by atoms with van der Waals surface area (Å²) in [4.78, 5) is 24.5. The minimum Gasteiger partial charge on any atom is -0.408 e. The number of hydrogen-bond donors (Lipinski definition) is 1. The number of aromatic nitrogens is 1. The largest absolute Gasteiger partial charge is 0.420 e. The van der Waals surface area contributed by atoms with E-state index in [1.54, 1.807) is 6.07 Å². The van der Waals surface area contributed by atoms with E-state index in [2.05, 4.69) is 5.32 Å². The summed E-state index contributed by atoms with van der Waals surface area (Å²) >= 11 is 0. The maximum Gasteiger partial charge on any atom is 0.420 e. The first-order valence-corrected chi connectivity index (χ1v) is 9.08. The molecule has 2 aromatic rings. The summed E-state index contributed by atoms with van der Waals surface area (Å²) in [5.41, 5.74) is 2.15. The van der Waals surface area contributed by atoms with Crippen LogP contribution in [0.4, 0.5) is 0 Å². The van der Waals surface area contributed by atoms with E-state index < -0.39 is 5.76 Å². The van der Waals surface area contributed by atoms with E-state index >= 15 is 0 Å². The van der Waals surface area contributed by atoms with Gasteiger partial charge in [-0.2, -0.15) is 0 Å². The van der Waals surface area contributed by atoms with Gasteiger partial charge in [0.25, 0.3) is 0 Å². The van der Waals surface area contributed by atoms with Gasteiger partial charge >= 0.3 is 5.76 Å². The van der Waals surface area contributed by atoms with Crippen molar-refractivity contribution >= 4 is 17.0 Å². The van der Waals surface area contributed by atoms with Crippen molar-refractivity contribution in [3.8, 4) is 0 Å². The normalized spacial score (nSPS) is 22.5. The van der Waals surface area contributed by atoms with Gasteiger partial charge in [0.15, 0.2) is 5.58 Å². The SMILES string of the molecule is Cc1ccc2oc(=O)n(CC(=O)N[C@@H]3COC4(CCCCC4)C3)c2c1. The van der Waals surface area contributed by atoms with Gasteiger partial charge in [-0.1, -0.05) is 25.3 Å². The van der Waals surface area contributed by atoms with E-state index in [1.807, 2.05) is 19.1 Å². The van der Waals surface area contributed by atoms with E-state index in [0.717, 1.165) is 24.8 Å². The Bertz CT molecular complexity index is 845. The highest BCUT2D eigenvalue weighted by Crippen LogP contribution is 2.39. The number of aryl methyl sites for hydroxylation is 1. The van der Waals surface area contributed by atoms with Gasteiger partial charge in [0.2, 0.25) is 5.91 Å². The fourth-order valence-electron chi connectivity index (χ4n) is 4.22. The van der Waals surface area contributed by atoms with Gasteiger partial charge < -0.3 is 14.5 Å². The first-order valence-electron chi connectivity index (χ1n) is 9.08. The average Bonchev–Trinajstić information content (AvgIpc) is 3.10. The molecule has 1 aliphatic heterocycles. The van der Waals surface area contributed by atoms with Crippen LogP contribution >= 0.6 is 0 Å². The molecule has 2 heterocycles. The molecule has 1 N–H and O–H groups in total. The number of ether oxygens (including phenoxy) is 1. The Kier molecular flexibility index (Phi) is 4.15. The van der Waals surface area contributed by atoms with Gasteiger partial charge in [0.1, 0.15) is 6.54 Å². The molecule has 1 spiro atoms. The maximum atomic E-state index is 12.5. The zero-order chi connectivity index (χ0) is 17.4. The number of carbonyl (C=O) groups is 1. The molecule has 1 amide bonds. The van der Waals surface area contributed by atoms with E-state index in [4.69, 9.17) is 9.15 Å². The molecule has 0 radical (unpaired) electrons. The summed E-state index contributed by atoms with van der Waals surface area (Å²) < 4.78 is 12.6. The zero-order valence-corrected chi connectivity index (χ0v) is 14.5. The minimum atomic E-state index is -0.498. The molecule has 134 valence electrons. The Labute approximate surface area is 146 Å². The minimum absolute atomic E-state index is 0.0289. The molecule has 2 fully saturated rings. The summed E-state index contributed by atoms with van der Waals surface area (Å²) in [7, 11) is 0. The molecule has 1 saturated heterocycles. The van der Waals surface area contributed by atoms with Crippen molar-refractivity contribution in [3.05, 3.63) is 34.3 Å². The highest BCUT2D eigenvalue weighted by atomic mass is 16.5. The van der Waals surface area contributed by atoms with Crippen molar-refractivity contribution in [1.82, 2.24) is 9.88 Å². The van der Waals surface area contributed by atoms with Crippen molar-refractivity contribution < 1.29 is 13.9 Å². The highest BCUT2D eigenvalue weighted by molar-refractivity contribution is 5.80. The van der Waals surface area contributed by atoms with Gasteiger partial charge in [-0.3, -0.25) is 9.36 Å². The van der Waals surface area contributed by atoms with Crippen LogP contribution in [0.1, 0.15) is 44.1 Å². The second-order valence-corrected chi connectivity index (χ2v) is 7.45. The Hall–Kier alpha value is -2.08. The molecular weight excluding hydrogens is 320 g/mol. The molecule has 6 nitrogen and oxygen atoms in total. The summed E-state index contributed by atoms with van der Waals surface area (Å²) in [6, 6.07) is 5.54. The Morgan fingerprint density at radius 1 is 1.32 bits per heavy atom. The Balaban J connectivity index is 1.44. The van der Waals surface area contributed by atoms with Crippen LogP contribution < -0.4 is 11.1 Å². The maximum absolute atomic E-state index is 12.5. The molecule has 1 atom stereocenters. The highest BCUT2D eigenvalue weighted by Gasteiger charge is 2.41. The Morgan fingerprint density at radius 2 is 2.12 bits per heavy atom. The lowest BCUT2D eigenvalue weighted by Gasteiger charge is -2.32. The van der Waals surface area contributed by atoms with Crippen molar-refractivity contribution in [3.63, 3.8) is 0 Å². The van der Waals surface area contributed by atoms with Crippen LogP contribution in [0, 0.1) is 6.92 Å². The second kappa shape index (κ2) is 6.33. The fraction of sp³-hybridized carbons (Fsp3) is 0.579. The molecule has 1 saturated carbocycles. The number of amides is 1. The van der Waals surface area contributed by atoms with Gasteiger partial charge in [-0.15, -0.1) is 0 Å². The third kappa shape index (κ3) is 3.23. The predicted octanol–water partition coefficient (Wildman–Crippen LogP) is 2.51. The van der Waals surface area contributed by atoms with E-state index in [1.165, 1.54) is 23.8 Å². The van der Waals surface area contributed by atoms with Crippen LogP contribution in [-0.4, -0.2) is 28.7 Å². The number of hydrogen-bond acceptors (Lipinski definition) is 4. The number of nitrogens with one attached hydrogen (secondary N) is 1. The van der Waals surface area contributed by atoms with Gasteiger partial charge in [0.05, 0.1) is 23.8 Å². The number of fused-ring (bicyclic) bond motifs is 1. The smallest absolute Gasteiger partial charge is 0.408 e. The number of rotatable bonds is 3. The molecule has 1 aromatic carbocycles. The van der Waals surface area contributed by atoms with Crippen LogP contribution in [0.15, 0.2) is 27.4 Å². The van der Waals surface area contributed by atoms with Crippen molar-refractivity contribution in [2.75, 3.05) is 6.61 Å². The zero-order valence-electron chi connectivity index (χ0n) is 14.5. The van der Waals surface area contributed by atoms with E-state index in [0.29, 0.717) is 17.7 Å². The monoisotopic (exact) mass is 344 g/mol. The molecular formula is C19H24N2O4. The fourth-order valence-corrected chi connectivity index (χ4v) is 4.22. The Morgan fingerprint density at radius 3 is 2.92 bits per heavy atom. The average molecular weight is 344 g/mol. The number of benzene rings is 1. The van der Waals surface area contributed by atoms with Crippen LogP contribution in [-0.2, 0) is 16.1 Å². The summed E-state index contributed by atoms with van der Waals surface area (Å²) in [6.45, 7) is 2.48. The van der Waals surface area contributed by atoms with Crippen LogP contribution in [0.25, 0.3) is 11.1 Å². The number of oxazole rings is 1. The van der Waals surface area contributed by atoms with Crippen molar-refractivity contribution in [2.24, 2.45) is 0 Å². The number of carbonyl (C=O) groups excluding carboxylic acids is 1. The summed E-state index contributed by atoms with van der Waals surface area (Å²) in [5.74, 6) is -0.671.